The second-order valence-corrected chi connectivity index (χ2v) is 9.07. The first-order valence-electron chi connectivity index (χ1n) is 9.69. The van der Waals surface area contributed by atoms with Gasteiger partial charge in [0.25, 0.3) is 0 Å². The summed E-state index contributed by atoms with van der Waals surface area (Å²) >= 11 is 5.69. The van der Waals surface area contributed by atoms with Crippen molar-refractivity contribution in [3.05, 3.63) is 40.7 Å². The van der Waals surface area contributed by atoms with Crippen molar-refractivity contribution in [3.63, 3.8) is 0 Å². The van der Waals surface area contributed by atoms with E-state index >= 15 is 0 Å². The monoisotopic (exact) mass is 457 g/mol. The summed E-state index contributed by atoms with van der Waals surface area (Å²) in [5.74, 6) is -2.09. The molecule has 0 aliphatic rings. The molecule has 0 saturated heterocycles. The number of halogens is 2. The quantitative estimate of drug-likeness (QED) is 0.364. The molecule has 0 saturated carbocycles. The lowest BCUT2D eigenvalue weighted by Crippen LogP contribution is -2.46. The van der Waals surface area contributed by atoms with E-state index in [-0.39, 0.29) is 23.6 Å². The molecule has 172 valence electrons. The van der Waals surface area contributed by atoms with Gasteiger partial charge in [0.1, 0.15) is 23.1 Å². The largest absolute Gasteiger partial charge is 0.462 e. The average Bonchev–Trinajstić information content (AvgIpc) is 2.59. The molecule has 0 aliphatic carbocycles. The summed E-state index contributed by atoms with van der Waals surface area (Å²) in [5.41, 5.74) is -1.40. The molecule has 1 aromatic rings. The maximum Gasteiger partial charge on any atom is 0.408 e. The molecule has 1 N–H and O–H groups in total. The number of hydrogen-bond acceptors (Lipinski definition) is 6. The molecule has 7 nitrogen and oxygen atoms in total. The Kier molecular flexibility index (Phi) is 9.49. The zero-order valence-electron chi connectivity index (χ0n) is 18.6. The number of amides is 1. The third-order valence-electron chi connectivity index (χ3n) is 3.41. The predicted octanol–water partition coefficient (Wildman–Crippen LogP) is 4.66. The average molecular weight is 458 g/mol. The summed E-state index contributed by atoms with van der Waals surface area (Å²) in [6.45, 7) is 9.93. The van der Waals surface area contributed by atoms with Crippen molar-refractivity contribution >= 4 is 35.7 Å². The molecule has 31 heavy (non-hydrogen) atoms. The molecule has 1 atom stereocenters. The van der Waals surface area contributed by atoms with E-state index in [1.54, 1.807) is 47.6 Å². The number of benzene rings is 1. The second kappa shape index (κ2) is 11.1. The molecule has 0 aromatic heterocycles. The fourth-order valence-electron chi connectivity index (χ4n) is 2.20. The first-order chi connectivity index (χ1) is 14.2. The Labute approximate surface area is 186 Å². The molecule has 1 unspecified atom stereocenters. The van der Waals surface area contributed by atoms with Crippen LogP contribution in [0.4, 0.5) is 9.18 Å². The Morgan fingerprint density at radius 2 is 1.71 bits per heavy atom. The number of alkyl carbamates (subject to hydrolysis) is 1. The molecule has 0 heterocycles. The SMILES string of the molecule is CC(C)(C)OC(=O)NC(CCOC(=O)/C=C/c1cccc(Cl)c1F)C(=O)OC(C)(C)C. The van der Waals surface area contributed by atoms with E-state index in [2.05, 4.69) is 5.32 Å². The van der Waals surface area contributed by atoms with E-state index < -0.39 is 41.1 Å². The zero-order valence-corrected chi connectivity index (χ0v) is 19.3. The first kappa shape index (κ1) is 26.4. The van der Waals surface area contributed by atoms with Gasteiger partial charge in [-0.05, 0) is 53.7 Å². The molecule has 1 rings (SSSR count). The Morgan fingerprint density at radius 3 is 2.29 bits per heavy atom. The fourth-order valence-corrected chi connectivity index (χ4v) is 2.39. The minimum absolute atomic E-state index is 0.0424. The van der Waals surface area contributed by atoms with Gasteiger partial charge in [0.2, 0.25) is 0 Å². The summed E-state index contributed by atoms with van der Waals surface area (Å²) in [7, 11) is 0. The molecule has 0 spiro atoms. The highest BCUT2D eigenvalue weighted by Crippen LogP contribution is 2.19. The first-order valence-corrected chi connectivity index (χ1v) is 10.1. The minimum atomic E-state index is -1.09. The topological polar surface area (TPSA) is 90.9 Å². The van der Waals surface area contributed by atoms with E-state index in [0.717, 1.165) is 6.08 Å². The van der Waals surface area contributed by atoms with Crippen LogP contribution < -0.4 is 5.32 Å². The van der Waals surface area contributed by atoms with Crippen LogP contribution in [0.15, 0.2) is 24.3 Å². The van der Waals surface area contributed by atoms with Crippen LogP contribution >= 0.6 is 11.6 Å². The number of ether oxygens (including phenoxy) is 3. The van der Waals surface area contributed by atoms with Gasteiger partial charge in [-0.25, -0.2) is 18.8 Å². The number of rotatable bonds is 7. The third kappa shape index (κ3) is 10.8. The third-order valence-corrected chi connectivity index (χ3v) is 3.71. The van der Waals surface area contributed by atoms with Crippen molar-refractivity contribution in [2.24, 2.45) is 0 Å². The van der Waals surface area contributed by atoms with Crippen LogP contribution in [0.2, 0.25) is 5.02 Å². The molecular formula is C22H29ClFNO6. The predicted molar refractivity (Wildman–Crippen MR) is 115 cm³/mol. The van der Waals surface area contributed by atoms with Gasteiger partial charge in [-0.3, -0.25) is 0 Å². The molecule has 1 amide bonds. The van der Waals surface area contributed by atoms with Gasteiger partial charge >= 0.3 is 18.0 Å². The summed E-state index contributed by atoms with van der Waals surface area (Å²) in [6.07, 6.45) is 1.43. The van der Waals surface area contributed by atoms with Crippen molar-refractivity contribution < 1.29 is 33.0 Å². The second-order valence-electron chi connectivity index (χ2n) is 8.66. The van der Waals surface area contributed by atoms with Crippen LogP contribution in [0, 0.1) is 5.82 Å². The van der Waals surface area contributed by atoms with Crippen molar-refractivity contribution in [1.82, 2.24) is 5.32 Å². The van der Waals surface area contributed by atoms with E-state index in [0.29, 0.717) is 0 Å². The van der Waals surface area contributed by atoms with Crippen LogP contribution in [0.3, 0.4) is 0 Å². The maximum absolute atomic E-state index is 13.8. The Hall–Kier alpha value is -2.61. The molecule has 0 fully saturated rings. The lowest BCUT2D eigenvalue weighted by Gasteiger charge is -2.26. The molecule has 0 radical (unpaired) electrons. The zero-order chi connectivity index (χ0) is 23.8. The van der Waals surface area contributed by atoms with Crippen LogP contribution in [0.5, 0.6) is 0 Å². The Bertz CT molecular complexity index is 826. The van der Waals surface area contributed by atoms with E-state index in [1.165, 1.54) is 18.2 Å². The summed E-state index contributed by atoms with van der Waals surface area (Å²) < 4.78 is 29.3. The van der Waals surface area contributed by atoms with Crippen LogP contribution in [-0.4, -0.2) is 41.9 Å². The summed E-state index contributed by atoms with van der Waals surface area (Å²) in [6, 6.07) is 3.30. The molecular weight excluding hydrogens is 429 g/mol. The van der Waals surface area contributed by atoms with Gasteiger partial charge < -0.3 is 19.5 Å². The Morgan fingerprint density at radius 1 is 1.10 bits per heavy atom. The maximum atomic E-state index is 13.8. The fraction of sp³-hybridized carbons (Fsp3) is 0.500. The van der Waals surface area contributed by atoms with Gasteiger partial charge in [0, 0.05) is 18.1 Å². The van der Waals surface area contributed by atoms with E-state index in [4.69, 9.17) is 25.8 Å². The lowest BCUT2D eigenvalue weighted by atomic mass is 10.1. The van der Waals surface area contributed by atoms with Crippen molar-refractivity contribution in [2.75, 3.05) is 6.61 Å². The standard InChI is InChI=1S/C22H29ClFNO6/c1-21(2,3)30-19(27)16(25-20(28)31-22(4,5)6)12-13-29-17(26)11-10-14-8-7-9-15(23)18(14)24/h7-11,16H,12-13H2,1-6H3,(H,25,28)/b11-10+. The Balaban J connectivity index is 2.71. The van der Waals surface area contributed by atoms with Crippen molar-refractivity contribution in [1.29, 1.82) is 0 Å². The summed E-state index contributed by atoms with van der Waals surface area (Å²) in [5, 5.41) is 2.37. The van der Waals surface area contributed by atoms with Gasteiger partial charge in [0.15, 0.2) is 0 Å². The highest BCUT2D eigenvalue weighted by molar-refractivity contribution is 6.30. The van der Waals surface area contributed by atoms with Gasteiger partial charge in [-0.2, -0.15) is 0 Å². The molecule has 0 aliphatic heterocycles. The van der Waals surface area contributed by atoms with Gasteiger partial charge in [0.05, 0.1) is 11.6 Å². The van der Waals surface area contributed by atoms with Crippen LogP contribution in [0.1, 0.15) is 53.5 Å². The highest BCUT2D eigenvalue weighted by Gasteiger charge is 2.28. The number of hydrogen-bond donors (Lipinski definition) is 1. The van der Waals surface area contributed by atoms with Crippen LogP contribution in [-0.2, 0) is 23.8 Å². The minimum Gasteiger partial charge on any atom is -0.462 e. The highest BCUT2D eigenvalue weighted by atomic mass is 35.5. The van der Waals surface area contributed by atoms with Gasteiger partial charge in [-0.1, -0.05) is 23.7 Å². The number of esters is 2. The molecule has 0 bridgehead atoms. The van der Waals surface area contributed by atoms with E-state index in [9.17, 15) is 18.8 Å². The normalized spacial score (nSPS) is 12.9. The number of nitrogens with one attached hydrogen (secondary N) is 1. The van der Waals surface area contributed by atoms with Crippen molar-refractivity contribution in [2.45, 2.75) is 65.2 Å². The van der Waals surface area contributed by atoms with Crippen molar-refractivity contribution in [3.8, 4) is 0 Å². The van der Waals surface area contributed by atoms with Crippen LogP contribution in [0.25, 0.3) is 6.08 Å². The number of carbonyl (C=O) groups is 3. The van der Waals surface area contributed by atoms with Gasteiger partial charge in [-0.15, -0.1) is 0 Å². The molecule has 1 aromatic carbocycles. The summed E-state index contributed by atoms with van der Waals surface area (Å²) in [4.78, 5) is 36.4. The number of carbonyl (C=O) groups excluding carboxylic acids is 3. The van der Waals surface area contributed by atoms with E-state index in [1.807, 2.05) is 0 Å². The lowest BCUT2D eigenvalue weighted by molar-refractivity contribution is -0.158. The molecule has 9 heteroatoms. The smallest absolute Gasteiger partial charge is 0.408 e.